The van der Waals surface area contributed by atoms with Gasteiger partial charge in [0.15, 0.2) is 0 Å². The number of thioether (sulfide) groups is 1. The van der Waals surface area contributed by atoms with Gasteiger partial charge in [-0.05, 0) is 17.9 Å². The normalized spacial score (nSPS) is 11.2. The van der Waals surface area contributed by atoms with Crippen LogP contribution in [0.25, 0.3) is 0 Å². The SMILES string of the molecule is CCSCC[C@H](N)C(=O)OC(=O)C(C)=O.[Mn]. The monoisotopic (exact) mass is 288 g/mol. The predicted octanol–water partition coefficient (Wildman–Crippen LogP) is 0.113. The van der Waals surface area contributed by atoms with Crippen molar-refractivity contribution < 1.29 is 36.2 Å². The summed E-state index contributed by atoms with van der Waals surface area (Å²) in [5, 5.41) is 0. The molecule has 16 heavy (non-hydrogen) atoms. The zero-order chi connectivity index (χ0) is 11.8. The van der Waals surface area contributed by atoms with Crippen LogP contribution in [0.5, 0.6) is 0 Å². The molecule has 0 amide bonds. The average Bonchev–Trinajstić information content (AvgIpc) is 2.17. The van der Waals surface area contributed by atoms with Crippen LogP contribution in [0.3, 0.4) is 0 Å². The number of hydrogen-bond acceptors (Lipinski definition) is 6. The van der Waals surface area contributed by atoms with Crippen LogP contribution >= 0.6 is 11.8 Å². The van der Waals surface area contributed by atoms with Gasteiger partial charge in [-0.1, -0.05) is 6.92 Å². The van der Waals surface area contributed by atoms with Crippen molar-refractivity contribution in [3.05, 3.63) is 0 Å². The van der Waals surface area contributed by atoms with Gasteiger partial charge in [0.25, 0.3) is 0 Å². The second kappa shape index (κ2) is 9.84. The number of carbonyl (C=O) groups is 3. The summed E-state index contributed by atoms with van der Waals surface area (Å²) in [7, 11) is 0. The summed E-state index contributed by atoms with van der Waals surface area (Å²) in [5.74, 6) is -1.14. The Kier molecular flexibility index (Phi) is 11.1. The van der Waals surface area contributed by atoms with E-state index in [1.165, 1.54) is 0 Å². The second-order valence-electron chi connectivity index (χ2n) is 2.86. The number of carbonyl (C=O) groups excluding carboxylic acids is 3. The van der Waals surface area contributed by atoms with E-state index in [4.69, 9.17) is 5.73 Å². The molecule has 93 valence electrons. The number of ether oxygens (including phenoxy) is 1. The van der Waals surface area contributed by atoms with E-state index < -0.39 is 23.8 Å². The molecular formula is C9H15MnNO4S. The molecule has 0 aromatic rings. The Morgan fingerprint density at radius 2 is 1.94 bits per heavy atom. The minimum atomic E-state index is -1.15. The largest absolute Gasteiger partial charge is 0.386 e. The Morgan fingerprint density at radius 1 is 1.38 bits per heavy atom. The number of rotatable bonds is 6. The molecule has 2 N–H and O–H groups in total. The van der Waals surface area contributed by atoms with Gasteiger partial charge in [-0.3, -0.25) is 4.79 Å². The third-order valence-corrected chi connectivity index (χ3v) is 2.49. The van der Waals surface area contributed by atoms with Crippen molar-refractivity contribution in [1.29, 1.82) is 0 Å². The standard InChI is InChI=1S/C9H15NO4S.Mn/c1-3-15-5-4-7(10)9(13)14-8(12)6(2)11;/h7H,3-5,10H2,1-2H3;/t7-;/m0./s1. The van der Waals surface area contributed by atoms with Gasteiger partial charge < -0.3 is 10.5 Å². The van der Waals surface area contributed by atoms with Crippen molar-refractivity contribution >= 4 is 29.5 Å². The van der Waals surface area contributed by atoms with Crippen LogP contribution in [0.4, 0.5) is 0 Å². The summed E-state index contributed by atoms with van der Waals surface area (Å²) in [6, 6.07) is -0.840. The molecule has 0 aliphatic heterocycles. The van der Waals surface area contributed by atoms with Crippen LogP contribution in [0.2, 0.25) is 0 Å². The first-order chi connectivity index (χ1) is 6.99. The summed E-state index contributed by atoms with van der Waals surface area (Å²) in [6.45, 7) is 3.03. The van der Waals surface area contributed by atoms with Crippen LogP contribution in [0.1, 0.15) is 20.3 Å². The molecule has 1 atom stereocenters. The Balaban J connectivity index is 0. The molecule has 0 spiro atoms. The quantitative estimate of drug-likeness (QED) is 0.245. The molecule has 0 heterocycles. The fraction of sp³-hybridized carbons (Fsp3) is 0.667. The number of ketones is 1. The maximum Gasteiger partial charge on any atom is 0.381 e. The van der Waals surface area contributed by atoms with E-state index in [1.807, 2.05) is 6.92 Å². The molecule has 7 heteroatoms. The topological polar surface area (TPSA) is 86.5 Å². The first-order valence-corrected chi connectivity index (χ1v) is 5.74. The van der Waals surface area contributed by atoms with Crippen molar-refractivity contribution in [2.24, 2.45) is 5.73 Å². The molecule has 1 radical (unpaired) electrons. The van der Waals surface area contributed by atoms with Gasteiger partial charge >= 0.3 is 11.9 Å². The Labute approximate surface area is 109 Å². The van der Waals surface area contributed by atoms with Gasteiger partial charge in [0.1, 0.15) is 6.04 Å². The first-order valence-electron chi connectivity index (χ1n) is 4.59. The number of nitrogens with two attached hydrogens (primary N) is 1. The van der Waals surface area contributed by atoms with E-state index in [0.717, 1.165) is 18.4 Å². The molecule has 0 rings (SSSR count). The molecular weight excluding hydrogens is 273 g/mol. The summed E-state index contributed by atoms with van der Waals surface area (Å²) >= 11 is 1.64. The van der Waals surface area contributed by atoms with E-state index in [1.54, 1.807) is 11.8 Å². The second-order valence-corrected chi connectivity index (χ2v) is 4.25. The summed E-state index contributed by atoms with van der Waals surface area (Å²) in [6.07, 6.45) is 0.433. The maximum absolute atomic E-state index is 11.1. The summed E-state index contributed by atoms with van der Waals surface area (Å²) in [4.78, 5) is 32.3. The first kappa shape index (κ1) is 18.0. The fourth-order valence-electron chi connectivity index (χ4n) is 0.711. The van der Waals surface area contributed by atoms with Crippen LogP contribution in [0.15, 0.2) is 0 Å². The van der Waals surface area contributed by atoms with Crippen LogP contribution in [0, 0.1) is 0 Å². The summed E-state index contributed by atoms with van der Waals surface area (Å²) < 4.78 is 4.24. The smallest absolute Gasteiger partial charge is 0.381 e. The van der Waals surface area contributed by atoms with Crippen molar-refractivity contribution in [3.63, 3.8) is 0 Å². The Hall–Kier alpha value is -0.361. The van der Waals surface area contributed by atoms with E-state index >= 15 is 0 Å². The molecule has 0 saturated heterocycles. The molecule has 5 nitrogen and oxygen atoms in total. The number of hydrogen-bond donors (Lipinski definition) is 1. The fourth-order valence-corrected chi connectivity index (χ4v) is 1.42. The average molecular weight is 288 g/mol. The van der Waals surface area contributed by atoms with Gasteiger partial charge in [0, 0.05) is 24.0 Å². The molecule has 0 aliphatic rings. The molecule has 0 unspecified atom stereocenters. The summed E-state index contributed by atoms with van der Waals surface area (Å²) in [5.41, 5.74) is 5.46. The minimum Gasteiger partial charge on any atom is -0.386 e. The van der Waals surface area contributed by atoms with Gasteiger partial charge in [0.2, 0.25) is 5.78 Å². The Bertz CT molecular complexity index is 260. The zero-order valence-corrected chi connectivity index (χ0v) is 11.2. The van der Waals surface area contributed by atoms with Crippen molar-refractivity contribution in [3.8, 4) is 0 Å². The van der Waals surface area contributed by atoms with Gasteiger partial charge in [-0.25, -0.2) is 9.59 Å². The number of Topliss-reactive ketones (excluding diaryl/α,β-unsaturated/α-hetero) is 1. The van der Waals surface area contributed by atoms with Gasteiger partial charge in [-0.15, -0.1) is 0 Å². The third kappa shape index (κ3) is 7.87. The van der Waals surface area contributed by atoms with E-state index in [-0.39, 0.29) is 17.1 Å². The van der Waals surface area contributed by atoms with Crippen molar-refractivity contribution in [1.82, 2.24) is 0 Å². The molecule has 0 bridgehead atoms. The predicted molar refractivity (Wildman–Crippen MR) is 57.4 cm³/mol. The molecule has 0 aliphatic carbocycles. The minimum absolute atomic E-state index is 0. The van der Waals surface area contributed by atoms with Gasteiger partial charge in [0.05, 0.1) is 0 Å². The number of esters is 2. The molecule has 0 saturated carbocycles. The van der Waals surface area contributed by atoms with E-state index in [2.05, 4.69) is 4.74 Å². The van der Waals surface area contributed by atoms with Crippen molar-refractivity contribution in [2.75, 3.05) is 11.5 Å². The van der Waals surface area contributed by atoms with Crippen LogP contribution in [-0.2, 0) is 36.2 Å². The van der Waals surface area contributed by atoms with Crippen LogP contribution in [-0.4, -0.2) is 35.3 Å². The molecule has 0 aromatic carbocycles. The van der Waals surface area contributed by atoms with Crippen LogP contribution < -0.4 is 5.73 Å². The zero-order valence-electron chi connectivity index (χ0n) is 9.20. The maximum atomic E-state index is 11.1. The van der Waals surface area contributed by atoms with E-state index in [9.17, 15) is 14.4 Å². The third-order valence-electron chi connectivity index (χ3n) is 1.56. The Morgan fingerprint density at radius 3 is 2.38 bits per heavy atom. The van der Waals surface area contributed by atoms with Crippen molar-refractivity contribution in [2.45, 2.75) is 26.3 Å². The molecule has 0 aromatic heterocycles. The molecule has 0 fully saturated rings. The van der Waals surface area contributed by atoms with E-state index in [0.29, 0.717) is 6.42 Å². The van der Waals surface area contributed by atoms with Gasteiger partial charge in [-0.2, -0.15) is 11.8 Å².